The number of aromatic amines is 1. The second-order valence-corrected chi connectivity index (χ2v) is 4.32. The van der Waals surface area contributed by atoms with Crippen LogP contribution in [0.4, 0.5) is 5.82 Å². The molecule has 0 aromatic carbocycles. The maximum Gasteiger partial charge on any atom is 0.212 e. The van der Waals surface area contributed by atoms with E-state index in [9.17, 15) is 0 Å². The fourth-order valence-electron chi connectivity index (χ4n) is 1.69. The first-order chi connectivity index (χ1) is 8.31. The minimum atomic E-state index is 0.388. The molecule has 0 amide bonds. The van der Waals surface area contributed by atoms with Crippen molar-refractivity contribution >= 4 is 28.2 Å². The summed E-state index contributed by atoms with van der Waals surface area (Å²) in [5, 5.41) is 14.7. The predicted molar refractivity (Wildman–Crippen MR) is 64.0 cm³/mol. The van der Waals surface area contributed by atoms with Gasteiger partial charge in [0.2, 0.25) is 5.13 Å². The van der Waals surface area contributed by atoms with Crippen molar-refractivity contribution in [2.75, 3.05) is 12.8 Å². The first-order valence-electron chi connectivity index (χ1n) is 4.91. The van der Waals surface area contributed by atoms with E-state index in [1.165, 1.54) is 11.3 Å². The smallest absolute Gasteiger partial charge is 0.212 e. The molecular weight excluding hydrogens is 240 g/mol. The molecule has 0 radical (unpaired) electrons. The fourth-order valence-corrected chi connectivity index (χ4v) is 2.29. The zero-order valence-electron chi connectivity index (χ0n) is 9.04. The Hall–Kier alpha value is -1.93. The van der Waals surface area contributed by atoms with Gasteiger partial charge in [-0.3, -0.25) is 5.10 Å². The minimum absolute atomic E-state index is 0.388. The largest absolute Gasteiger partial charge is 0.383 e. The molecule has 3 N–H and O–H groups in total. The van der Waals surface area contributed by atoms with E-state index in [1.54, 1.807) is 18.0 Å². The lowest BCUT2D eigenvalue weighted by Crippen LogP contribution is -1.98. The standard InChI is InChI=1S/C9H10N6OS/c1-16-4-5-6-7(10)12-13-8(6)15(14-5)9-11-2-3-17-9/h2-3H,4H2,1H3,(H3,10,12,13). The van der Waals surface area contributed by atoms with Crippen molar-refractivity contribution < 1.29 is 4.74 Å². The van der Waals surface area contributed by atoms with Gasteiger partial charge >= 0.3 is 0 Å². The number of fused-ring (bicyclic) bond motifs is 1. The van der Waals surface area contributed by atoms with Gasteiger partial charge in [0, 0.05) is 18.7 Å². The molecule has 0 saturated heterocycles. The Morgan fingerprint density at radius 1 is 1.59 bits per heavy atom. The molecule has 3 aromatic heterocycles. The topological polar surface area (TPSA) is 94.6 Å². The number of ether oxygens (including phenoxy) is 1. The molecule has 17 heavy (non-hydrogen) atoms. The molecule has 0 aliphatic heterocycles. The molecule has 88 valence electrons. The number of nitrogens with two attached hydrogens (primary N) is 1. The number of hydrogen-bond donors (Lipinski definition) is 2. The Balaban J connectivity index is 2.26. The average Bonchev–Trinajstić information content (AvgIpc) is 2.99. The third-order valence-corrected chi connectivity index (χ3v) is 3.11. The van der Waals surface area contributed by atoms with Gasteiger partial charge in [0.1, 0.15) is 11.5 Å². The van der Waals surface area contributed by atoms with Crippen LogP contribution < -0.4 is 5.73 Å². The van der Waals surface area contributed by atoms with Gasteiger partial charge in [-0.2, -0.15) is 14.9 Å². The van der Waals surface area contributed by atoms with Crippen LogP contribution in [-0.2, 0) is 11.3 Å². The molecule has 8 heteroatoms. The van der Waals surface area contributed by atoms with Crippen molar-refractivity contribution in [3.63, 3.8) is 0 Å². The predicted octanol–water partition coefficient (Wildman–Crippen LogP) is 0.934. The van der Waals surface area contributed by atoms with Gasteiger partial charge in [-0.25, -0.2) is 4.98 Å². The summed E-state index contributed by atoms with van der Waals surface area (Å²) >= 11 is 1.49. The summed E-state index contributed by atoms with van der Waals surface area (Å²) in [5.41, 5.74) is 7.25. The fraction of sp³-hybridized carbons (Fsp3) is 0.222. The van der Waals surface area contributed by atoms with Gasteiger partial charge in [0.05, 0.1) is 12.0 Å². The lowest BCUT2D eigenvalue weighted by Gasteiger charge is -1.95. The lowest BCUT2D eigenvalue weighted by molar-refractivity contribution is 0.182. The van der Waals surface area contributed by atoms with E-state index in [1.807, 2.05) is 5.38 Å². The zero-order chi connectivity index (χ0) is 11.8. The molecular formula is C9H10N6OS. The molecule has 0 saturated carbocycles. The molecule has 3 rings (SSSR count). The zero-order valence-corrected chi connectivity index (χ0v) is 9.86. The Morgan fingerprint density at radius 3 is 3.18 bits per heavy atom. The van der Waals surface area contributed by atoms with E-state index in [2.05, 4.69) is 20.3 Å². The summed E-state index contributed by atoms with van der Waals surface area (Å²) < 4.78 is 6.77. The molecule has 0 spiro atoms. The Morgan fingerprint density at radius 2 is 2.47 bits per heavy atom. The highest BCUT2D eigenvalue weighted by atomic mass is 32.1. The molecule has 0 atom stereocenters. The molecule has 3 aromatic rings. The van der Waals surface area contributed by atoms with Crippen LogP contribution >= 0.6 is 11.3 Å². The molecule has 0 bridgehead atoms. The Kier molecular flexibility index (Phi) is 2.30. The van der Waals surface area contributed by atoms with Crippen LogP contribution in [0, 0.1) is 0 Å². The van der Waals surface area contributed by atoms with Crippen molar-refractivity contribution in [3.05, 3.63) is 17.3 Å². The van der Waals surface area contributed by atoms with Crippen LogP contribution in [0.3, 0.4) is 0 Å². The first kappa shape index (κ1) is 10.2. The number of nitrogen functional groups attached to an aromatic ring is 1. The monoisotopic (exact) mass is 250 g/mol. The number of nitrogens with one attached hydrogen (secondary N) is 1. The highest BCUT2D eigenvalue weighted by Gasteiger charge is 2.18. The Labute approximate surface area is 100 Å². The third-order valence-electron chi connectivity index (χ3n) is 2.37. The number of anilines is 1. The quantitative estimate of drug-likeness (QED) is 0.721. The van der Waals surface area contributed by atoms with Crippen LogP contribution in [0.5, 0.6) is 0 Å². The van der Waals surface area contributed by atoms with Crippen LogP contribution in [0.1, 0.15) is 5.69 Å². The van der Waals surface area contributed by atoms with Gasteiger partial charge in [-0.15, -0.1) is 11.3 Å². The summed E-state index contributed by atoms with van der Waals surface area (Å²) in [4.78, 5) is 4.20. The van der Waals surface area contributed by atoms with E-state index < -0.39 is 0 Å². The van der Waals surface area contributed by atoms with Crippen molar-refractivity contribution in [1.82, 2.24) is 25.0 Å². The summed E-state index contributed by atoms with van der Waals surface area (Å²) in [7, 11) is 1.62. The summed E-state index contributed by atoms with van der Waals surface area (Å²) in [6, 6.07) is 0. The van der Waals surface area contributed by atoms with E-state index in [4.69, 9.17) is 10.5 Å². The average molecular weight is 250 g/mol. The van der Waals surface area contributed by atoms with Crippen LogP contribution in [0.2, 0.25) is 0 Å². The van der Waals surface area contributed by atoms with E-state index in [0.717, 1.165) is 16.2 Å². The molecule has 0 aliphatic carbocycles. The van der Waals surface area contributed by atoms with Crippen LogP contribution in [0.15, 0.2) is 11.6 Å². The van der Waals surface area contributed by atoms with Gasteiger partial charge in [0.15, 0.2) is 5.65 Å². The number of rotatable bonds is 3. The summed E-state index contributed by atoms with van der Waals surface area (Å²) in [5.74, 6) is 0.495. The second kappa shape index (κ2) is 3.82. The van der Waals surface area contributed by atoms with Crippen LogP contribution in [0.25, 0.3) is 16.2 Å². The van der Waals surface area contributed by atoms with Gasteiger partial charge in [0.25, 0.3) is 0 Å². The number of thiazole rings is 1. The van der Waals surface area contributed by atoms with E-state index in [-0.39, 0.29) is 0 Å². The first-order valence-corrected chi connectivity index (χ1v) is 5.79. The summed E-state index contributed by atoms with van der Waals surface area (Å²) in [6.07, 6.45) is 1.72. The van der Waals surface area contributed by atoms with Gasteiger partial charge in [-0.05, 0) is 0 Å². The number of methoxy groups -OCH3 is 1. The number of nitrogens with zero attached hydrogens (tertiary/aromatic N) is 4. The van der Waals surface area contributed by atoms with Gasteiger partial charge in [-0.1, -0.05) is 0 Å². The van der Waals surface area contributed by atoms with Gasteiger partial charge < -0.3 is 10.5 Å². The van der Waals surface area contributed by atoms with Crippen molar-refractivity contribution in [2.24, 2.45) is 0 Å². The molecule has 7 nitrogen and oxygen atoms in total. The molecule has 0 unspecified atom stereocenters. The van der Waals surface area contributed by atoms with E-state index in [0.29, 0.717) is 18.1 Å². The van der Waals surface area contributed by atoms with Crippen molar-refractivity contribution in [1.29, 1.82) is 0 Å². The highest BCUT2D eigenvalue weighted by molar-refractivity contribution is 7.12. The lowest BCUT2D eigenvalue weighted by atomic mass is 10.3. The molecule has 0 fully saturated rings. The molecule has 0 aliphatic rings. The van der Waals surface area contributed by atoms with Crippen molar-refractivity contribution in [2.45, 2.75) is 6.61 Å². The maximum atomic E-state index is 5.83. The Bertz CT molecular complexity index is 640. The van der Waals surface area contributed by atoms with E-state index >= 15 is 0 Å². The summed E-state index contributed by atoms with van der Waals surface area (Å²) in [6.45, 7) is 0.388. The minimum Gasteiger partial charge on any atom is -0.383 e. The normalized spacial score (nSPS) is 11.4. The third kappa shape index (κ3) is 1.49. The van der Waals surface area contributed by atoms with Crippen LogP contribution in [-0.4, -0.2) is 32.1 Å². The number of H-pyrrole nitrogens is 1. The maximum absolute atomic E-state index is 5.83. The van der Waals surface area contributed by atoms with Crippen molar-refractivity contribution in [3.8, 4) is 5.13 Å². The number of hydrogen-bond acceptors (Lipinski definition) is 6. The highest BCUT2D eigenvalue weighted by Crippen LogP contribution is 2.25. The second-order valence-electron chi connectivity index (χ2n) is 3.44. The molecule has 3 heterocycles. The SMILES string of the molecule is COCc1nn(-c2nccs2)c2n[nH]c(N)c12. The number of aromatic nitrogens is 5.